The van der Waals surface area contributed by atoms with Gasteiger partial charge in [-0.1, -0.05) is 71.6 Å². The van der Waals surface area contributed by atoms with Gasteiger partial charge in [-0.15, -0.1) is 0 Å². The van der Waals surface area contributed by atoms with Crippen molar-refractivity contribution in [3.8, 4) is 0 Å². The lowest BCUT2D eigenvalue weighted by Gasteiger charge is -2.03. The van der Waals surface area contributed by atoms with Gasteiger partial charge >= 0.3 is 0 Å². The predicted molar refractivity (Wildman–Crippen MR) is 84.6 cm³/mol. The number of hydrogen-bond acceptors (Lipinski definition) is 2. The zero-order chi connectivity index (χ0) is 14.2. The van der Waals surface area contributed by atoms with Crippen LogP contribution < -0.4 is 5.32 Å². The van der Waals surface area contributed by atoms with E-state index < -0.39 is 0 Å². The first-order chi connectivity index (χ1) is 9.31. The minimum absolute atomic E-state index is 0.382. The summed E-state index contributed by atoms with van der Waals surface area (Å²) in [5, 5.41) is 3.17. The Hall–Kier alpha value is -0.370. The maximum atomic E-state index is 11.5. The molecule has 0 unspecified atom stereocenters. The molecule has 19 heavy (non-hydrogen) atoms. The number of nitrogens with one attached hydrogen (secondary N) is 1. The van der Waals surface area contributed by atoms with E-state index >= 15 is 0 Å². The molecule has 0 rings (SSSR count). The van der Waals surface area contributed by atoms with Gasteiger partial charge in [0, 0.05) is 6.42 Å². The quantitative estimate of drug-likeness (QED) is 0.430. The number of Topliss-reactive ketones (excluding diaryl/α,β-unsaturated/α-hetero) is 1. The van der Waals surface area contributed by atoms with Gasteiger partial charge in [-0.2, -0.15) is 0 Å². The Morgan fingerprint density at radius 2 is 1.26 bits per heavy atom. The van der Waals surface area contributed by atoms with E-state index in [1.54, 1.807) is 0 Å². The average Bonchev–Trinajstić information content (AvgIpc) is 2.41. The first-order valence-corrected chi connectivity index (χ1v) is 8.53. The predicted octanol–water partition coefficient (Wildman–Crippen LogP) is 4.87. The highest BCUT2D eigenvalue weighted by Crippen LogP contribution is 2.11. The first-order valence-electron chi connectivity index (χ1n) is 8.53. The molecule has 0 spiro atoms. The SMILES string of the molecule is CCCCCCCCCCCCC(=O)CNCCC. The van der Waals surface area contributed by atoms with Gasteiger partial charge in [-0.05, 0) is 19.4 Å². The van der Waals surface area contributed by atoms with Gasteiger partial charge in [0.05, 0.1) is 6.54 Å². The summed E-state index contributed by atoms with van der Waals surface area (Å²) in [7, 11) is 0. The van der Waals surface area contributed by atoms with Crippen molar-refractivity contribution in [2.45, 2.75) is 90.9 Å². The smallest absolute Gasteiger partial charge is 0.146 e. The van der Waals surface area contributed by atoms with E-state index in [0.717, 1.165) is 25.8 Å². The Morgan fingerprint density at radius 3 is 1.79 bits per heavy atom. The first kappa shape index (κ1) is 18.6. The molecule has 0 bridgehead atoms. The molecule has 0 saturated carbocycles. The van der Waals surface area contributed by atoms with E-state index in [1.807, 2.05) is 0 Å². The summed E-state index contributed by atoms with van der Waals surface area (Å²) in [4.78, 5) is 11.5. The third-order valence-corrected chi connectivity index (χ3v) is 3.56. The minimum Gasteiger partial charge on any atom is -0.310 e. The second-order valence-electron chi connectivity index (χ2n) is 5.65. The molecule has 0 fully saturated rings. The number of carbonyl (C=O) groups excluding carboxylic acids is 1. The molecule has 0 aromatic heterocycles. The summed E-state index contributed by atoms with van der Waals surface area (Å²) in [5.74, 6) is 0.382. The van der Waals surface area contributed by atoms with Crippen molar-refractivity contribution in [2.75, 3.05) is 13.1 Å². The topological polar surface area (TPSA) is 29.1 Å². The van der Waals surface area contributed by atoms with Crippen molar-refractivity contribution in [3.05, 3.63) is 0 Å². The van der Waals surface area contributed by atoms with Crippen LogP contribution in [0.3, 0.4) is 0 Å². The van der Waals surface area contributed by atoms with Crippen LogP contribution >= 0.6 is 0 Å². The zero-order valence-corrected chi connectivity index (χ0v) is 13.3. The van der Waals surface area contributed by atoms with Crippen LogP contribution in [-0.4, -0.2) is 18.9 Å². The summed E-state index contributed by atoms with van der Waals surface area (Å²) < 4.78 is 0. The second kappa shape index (κ2) is 15.7. The number of unbranched alkanes of at least 4 members (excludes halogenated alkanes) is 9. The molecule has 114 valence electrons. The van der Waals surface area contributed by atoms with E-state index in [1.165, 1.54) is 57.8 Å². The van der Waals surface area contributed by atoms with Crippen LogP contribution in [0.5, 0.6) is 0 Å². The number of carbonyl (C=O) groups is 1. The lowest BCUT2D eigenvalue weighted by Crippen LogP contribution is -2.23. The Balaban J connectivity index is 3.07. The lowest BCUT2D eigenvalue weighted by molar-refractivity contribution is -0.118. The van der Waals surface area contributed by atoms with Gasteiger partial charge in [-0.3, -0.25) is 4.79 Å². The summed E-state index contributed by atoms with van der Waals surface area (Å²) in [5.41, 5.74) is 0. The van der Waals surface area contributed by atoms with Crippen molar-refractivity contribution < 1.29 is 4.79 Å². The van der Waals surface area contributed by atoms with Crippen molar-refractivity contribution in [2.24, 2.45) is 0 Å². The van der Waals surface area contributed by atoms with Crippen LogP contribution in [0.2, 0.25) is 0 Å². The van der Waals surface area contributed by atoms with Crippen LogP contribution in [-0.2, 0) is 4.79 Å². The zero-order valence-electron chi connectivity index (χ0n) is 13.3. The van der Waals surface area contributed by atoms with Crippen molar-refractivity contribution in [1.29, 1.82) is 0 Å². The van der Waals surface area contributed by atoms with E-state index in [9.17, 15) is 4.79 Å². The van der Waals surface area contributed by atoms with Gasteiger partial charge in [0.25, 0.3) is 0 Å². The molecule has 0 atom stereocenters. The molecule has 0 aliphatic heterocycles. The van der Waals surface area contributed by atoms with Crippen LogP contribution in [0, 0.1) is 0 Å². The third-order valence-electron chi connectivity index (χ3n) is 3.56. The fourth-order valence-corrected chi connectivity index (χ4v) is 2.30. The molecule has 0 saturated heterocycles. The summed E-state index contributed by atoms with van der Waals surface area (Å²) >= 11 is 0. The van der Waals surface area contributed by atoms with E-state index in [2.05, 4.69) is 19.2 Å². The molecule has 1 N–H and O–H groups in total. The molecular weight excluding hydrogens is 234 g/mol. The number of ketones is 1. The Morgan fingerprint density at radius 1 is 0.737 bits per heavy atom. The van der Waals surface area contributed by atoms with Crippen molar-refractivity contribution in [1.82, 2.24) is 5.32 Å². The monoisotopic (exact) mass is 269 g/mol. The number of hydrogen-bond donors (Lipinski definition) is 1. The van der Waals surface area contributed by atoms with Crippen LogP contribution in [0.4, 0.5) is 0 Å². The molecule has 0 radical (unpaired) electrons. The highest BCUT2D eigenvalue weighted by atomic mass is 16.1. The molecule has 0 aliphatic rings. The molecule has 0 aromatic carbocycles. The Labute approximate surface area is 120 Å². The Kier molecular flexibility index (Phi) is 15.4. The fourth-order valence-electron chi connectivity index (χ4n) is 2.30. The summed E-state index contributed by atoms with van der Waals surface area (Å²) in [6.07, 6.45) is 15.2. The van der Waals surface area contributed by atoms with E-state index in [0.29, 0.717) is 12.3 Å². The average molecular weight is 269 g/mol. The lowest BCUT2D eigenvalue weighted by atomic mass is 10.1. The van der Waals surface area contributed by atoms with Gasteiger partial charge in [0.1, 0.15) is 5.78 Å². The molecule has 0 heterocycles. The van der Waals surface area contributed by atoms with Gasteiger partial charge in [0.15, 0.2) is 0 Å². The van der Waals surface area contributed by atoms with E-state index in [4.69, 9.17) is 0 Å². The third kappa shape index (κ3) is 15.6. The number of rotatable bonds is 15. The summed E-state index contributed by atoms with van der Waals surface area (Å²) in [6, 6.07) is 0. The highest BCUT2D eigenvalue weighted by molar-refractivity contribution is 5.80. The highest BCUT2D eigenvalue weighted by Gasteiger charge is 2.00. The van der Waals surface area contributed by atoms with Crippen LogP contribution in [0.15, 0.2) is 0 Å². The van der Waals surface area contributed by atoms with E-state index in [-0.39, 0.29) is 0 Å². The molecule has 2 heteroatoms. The van der Waals surface area contributed by atoms with Crippen molar-refractivity contribution >= 4 is 5.78 Å². The molecule has 0 amide bonds. The van der Waals surface area contributed by atoms with Crippen molar-refractivity contribution in [3.63, 3.8) is 0 Å². The minimum atomic E-state index is 0.382. The second-order valence-corrected chi connectivity index (χ2v) is 5.65. The Bertz CT molecular complexity index is 192. The molecular formula is C17H35NO. The van der Waals surface area contributed by atoms with Gasteiger partial charge < -0.3 is 5.32 Å². The van der Waals surface area contributed by atoms with Gasteiger partial charge in [-0.25, -0.2) is 0 Å². The van der Waals surface area contributed by atoms with Gasteiger partial charge in [0.2, 0.25) is 0 Å². The fraction of sp³-hybridized carbons (Fsp3) is 0.941. The molecule has 2 nitrogen and oxygen atoms in total. The maximum Gasteiger partial charge on any atom is 0.146 e. The summed E-state index contributed by atoms with van der Waals surface area (Å²) in [6.45, 7) is 5.92. The van der Waals surface area contributed by atoms with Crippen LogP contribution in [0.25, 0.3) is 0 Å². The molecule has 0 aliphatic carbocycles. The standard InChI is InChI=1S/C17H35NO/c1-3-5-6-7-8-9-10-11-12-13-14-17(19)16-18-15-4-2/h18H,3-16H2,1-2H3. The normalized spacial score (nSPS) is 10.8. The molecule has 0 aromatic rings. The van der Waals surface area contributed by atoms with Crippen LogP contribution in [0.1, 0.15) is 90.9 Å². The maximum absolute atomic E-state index is 11.5. The largest absolute Gasteiger partial charge is 0.310 e.